The van der Waals surface area contributed by atoms with Gasteiger partial charge in [0.15, 0.2) is 5.17 Å². The van der Waals surface area contributed by atoms with E-state index in [4.69, 9.17) is 4.99 Å². The average Bonchev–Trinajstić information content (AvgIpc) is 2.91. The number of aliphatic imine (C=N–C) groups is 1. The van der Waals surface area contributed by atoms with Crippen molar-refractivity contribution in [2.75, 3.05) is 11.1 Å². The first kappa shape index (κ1) is 13.4. The van der Waals surface area contributed by atoms with E-state index in [2.05, 4.69) is 42.3 Å². The van der Waals surface area contributed by atoms with E-state index in [-0.39, 0.29) is 5.54 Å². The number of nitrogens with zero attached hydrogens (tertiary/aromatic N) is 2. The van der Waals surface area contributed by atoms with E-state index in [1.54, 1.807) is 0 Å². The highest BCUT2D eigenvalue weighted by atomic mass is 32.2. The SMILES string of the molecule is CCC1(CC)CSC(Nc2ccc3ncccc3c2)=N1. The molecule has 0 spiro atoms. The van der Waals surface area contributed by atoms with Gasteiger partial charge in [-0.3, -0.25) is 9.98 Å². The first-order valence-electron chi connectivity index (χ1n) is 7.09. The van der Waals surface area contributed by atoms with Crippen molar-refractivity contribution in [1.29, 1.82) is 0 Å². The second-order valence-electron chi connectivity index (χ2n) is 5.17. The lowest BCUT2D eigenvalue weighted by molar-refractivity contribution is 0.456. The van der Waals surface area contributed by atoms with Crippen LogP contribution in [0.25, 0.3) is 10.9 Å². The number of hydrogen-bond donors (Lipinski definition) is 1. The van der Waals surface area contributed by atoms with Crippen LogP contribution in [0.2, 0.25) is 0 Å². The third-order valence-corrected chi connectivity index (χ3v) is 5.14. The van der Waals surface area contributed by atoms with E-state index in [0.29, 0.717) is 0 Å². The fraction of sp³-hybridized carbons (Fsp3) is 0.375. The Morgan fingerprint density at radius 3 is 2.85 bits per heavy atom. The highest BCUT2D eigenvalue weighted by Gasteiger charge is 2.32. The molecule has 0 aliphatic carbocycles. The van der Waals surface area contributed by atoms with Crippen molar-refractivity contribution < 1.29 is 0 Å². The monoisotopic (exact) mass is 285 g/mol. The van der Waals surface area contributed by atoms with Crippen LogP contribution < -0.4 is 5.32 Å². The number of pyridine rings is 1. The molecule has 1 aliphatic rings. The van der Waals surface area contributed by atoms with Crippen molar-refractivity contribution in [2.24, 2.45) is 4.99 Å². The molecule has 0 atom stereocenters. The Morgan fingerprint density at radius 1 is 1.25 bits per heavy atom. The number of hydrogen-bond acceptors (Lipinski definition) is 4. The van der Waals surface area contributed by atoms with E-state index in [0.717, 1.165) is 40.4 Å². The normalized spacial score (nSPS) is 17.2. The topological polar surface area (TPSA) is 37.3 Å². The van der Waals surface area contributed by atoms with Gasteiger partial charge in [-0.1, -0.05) is 31.7 Å². The average molecular weight is 285 g/mol. The molecule has 2 heterocycles. The van der Waals surface area contributed by atoms with Crippen LogP contribution in [-0.2, 0) is 0 Å². The molecular weight excluding hydrogens is 266 g/mol. The summed E-state index contributed by atoms with van der Waals surface area (Å²) in [5, 5.41) is 5.63. The fourth-order valence-electron chi connectivity index (χ4n) is 2.44. The Bertz CT molecular complexity index is 647. The summed E-state index contributed by atoms with van der Waals surface area (Å²) in [6, 6.07) is 10.3. The zero-order valence-corrected chi connectivity index (χ0v) is 12.7. The summed E-state index contributed by atoms with van der Waals surface area (Å²) in [6.45, 7) is 4.44. The summed E-state index contributed by atoms with van der Waals surface area (Å²) in [7, 11) is 0. The Balaban J connectivity index is 1.83. The summed E-state index contributed by atoms with van der Waals surface area (Å²) in [4.78, 5) is 9.23. The molecule has 0 radical (unpaired) electrons. The smallest absolute Gasteiger partial charge is 0.161 e. The van der Waals surface area contributed by atoms with Crippen LogP contribution >= 0.6 is 11.8 Å². The lowest BCUT2D eigenvalue weighted by Gasteiger charge is -2.20. The molecule has 2 aromatic rings. The molecule has 0 saturated carbocycles. The van der Waals surface area contributed by atoms with Gasteiger partial charge in [0.1, 0.15) is 0 Å². The number of rotatable bonds is 3. The Hall–Kier alpha value is -1.55. The van der Waals surface area contributed by atoms with Crippen molar-refractivity contribution in [3.8, 4) is 0 Å². The predicted octanol–water partition coefficient (Wildman–Crippen LogP) is 4.31. The molecule has 104 valence electrons. The summed E-state index contributed by atoms with van der Waals surface area (Å²) in [6.07, 6.45) is 4.02. The van der Waals surface area contributed by atoms with Gasteiger partial charge in [-0.2, -0.15) is 0 Å². The number of anilines is 1. The van der Waals surface area contributed by atoms with Gasteiger partial charge in [0.25, 0.3) is 0 Å². The van der Waals surface area contributed by atoms with Crippen molar-refractivity contribution in [3.05, 3.63) is 36.5 Å². The van der Waals surface area contributed by atoms with Crippen LogP contribution in [0.5, 0.6) is 0 Å². The van der Waals surface area contributed by atoms with Crippen molar-refractivity contribution in [2.45, 2.75) is 32.2 Å². The van der Waals surface area contributed by atoms with E-state index in [1.165, 1.54) is 0 Å². The highest BCUT2D eigenvalue weighted by molar-refractivity contribution is 8.14. The third kappa shape index (κ3) is 2.52. The molecule has 3 nitrogen and oxygen atoms in total. The minimum atomic E-state index is 0.130. The molecule has 1 aliphatic heterocycles. The first-order chi connectivity index (χ1) is 9.74. The summed E-state index contributed by atoms with van der Waals surface area (Å²) in [5.41, 5.74) is 2.24. The summed E-state index contributed by atoms with van der Waals surface area (Å²) >= 11 is 1.82. The molecule has 0 unspecified atom stereocenters. The molecular formula is C16H19N3S. The third-order valence-electron chi connectivity index (χ3n) is 3.99. The van der Waals surface area contributed by atoms with Gasteiger partial charge in [0.05, 0.1) is 11.1 Å². The number of amidine groups is 1. The minimum absolute atomic E-state index is 0.130. The van der Waals surface area contributed by atoms with E-state index < -0.39 is 0 Å². The Morgan fingerprint density at radius 2 is 2.10 bits per heavy atom. The molecule has 1 aromatic carbocycles. The molecule has 20 heavy (non-hydrogen) atoms. The number of fused-ring (bicyclic) bond motifs is 1. The highest BCUT2D eigenvalue weighted by Crippen LogP contribution is 2.34. The largest absolute Gasteiger partial charge is 0.335 e. The van der Waals surface area contributed by atoms with Crippen molar-refractivity contribution in [3.63, 3.8) is 0 Å². The molecule has 1 N–H and O–H groups in total. The van der Waals surface area contributed by atoms with Crippen molar-refractivity contribution in [1.82, 2.24) is 4.98 Å². The van der Waals surface area contributed by atoms with Crippen LogP contribution in [0.15, 0.2) is 41.5 Å². The van der Waals surface area contributed by atoms with E-state index >= 15 is 0 Å². The first-order valence-corrected chi connectivity index (χ1v) is 8.08. The maximum Gasteiger partial charge on any atom is 0.161 e. The van der Waals surface area contributed by atoms with E-state index in [1.807, 2.05) is 30.1 Å². The van der Waals surface area contributed by atoms with Gasteiger partial charge in [0, 0.05) is 23.0 Å². The second kappa shape index (κ2) is 5.44. The van der Waals surface area contributed by atoms with Gasteiger partial charge in [0.2, 0.25) is 0 Å². The second-order valence-corrected chi connectivity index (χ2v) is 6.14. The molecule has 1 aromatic heterocycles. The number of aromatic nitrogens is 1. The molecule has 0 fully saturated rings. The summed E-state index contributed by atoms with van der Waals surface area (Å²) in [5.74, 6) is 1.08. The van der Waals surface area contributed by atoms with Crippen LogP contribution in [0.3, 0.4) is 0 Å². The van der Waals surface area contributed by atoms with Crippen LogP contribution in [0.4, 0.5) is 5.69 Å². The fourth-order valence-corrected chi connectivity index (χ4v) is 3.76. The van der Waals surface area contributed by atoms with Gasteiger partial charge in [-0.15, -0.1) is 0 Å². The van der Waals surface area contributed by atoms with Crippen LogP contribution in [0.1, 0.15) is 26.7 Å². The molecule has 3 rings (SSSR count). The summed E-state index contributed by atoms with van der Waals surface area (Å²) < 4.78 is 0. The zero-order valence-electron chi connectivity index (χ0n) is 11.9. The number of thioether (sulfide) groups is 1. The Kier molecular flexibility index (Phi) is 3.66. The number of nitrogens with one attached hydrogen (secondary N) is 1. The predicted molar refractivity (Wildman–Crippen MR) is 88.6 cm³/mol. The maximum absolute atomic E-state index is 4.88. The van der Waals surface area contributed by atoms with Crippen molar-refractivity contribution >= 4 is 33.5 Å². The van der Waals surface area contributed by atoms with Gasteiger partial charge in [-0.25, -0.2) is 0 Å². The quantitative estimate of drug-likeness (QED) is 0.913. The number of benzene rings is 1. The molecule has 0 amide bonds. The maximum atomic E-state index is 4.88. The van der Waals surface area contributed by atoms with E-state index in [9.17, 15) is 0 Å². The van der Waals surface area contributed by atoms with Gasteiger partial charge in [-0.05, 0) is 37.1 Å². The lowest BCUT2D eigenvalue weighted by Crippen LogP contribution is -2.24. The minimum Gasteiger partial charge on any atom is -0.335 e. The zero-order chi connectivity index (χ0) is 14.0. The lowest BCUT2D eigenvalue weighted by atomic mass is 9.97. The molecule has 0 saturated heterocycles. The van der Waals surface area contributed by atoms with Gasteiger partial charge >= 0.3 is 0 Å². The molecule has 0 bridgehead atoms. The standard InChI is InChI=1S/C16H19N3S/c1-3-16(4-2)11-20-15(19-16)18-13-7-8-14-12(10-13)6-5-9-17-14/h5-10H,3-4,11H2,1-2H3,(H,18,19). The van der Waals surface area contributed by atoms with Gasteiger partial charge < -0.3 is 5.32 Å². The van der Waals surface area contributed by atoms with Crippen LogP contribution in [0, 0.1) is 0 Å². The van der Waals surface area contributed by atoms with Crippen LogP contribution in [-0.4, -0.2) is 21.4 Å². The Labute approximate surface area is 123 Å². The molecule has 4 heteroatoms.